The normalized spacial score (nSPS) is 21.7. The molecule has 1 aromatic carbocycles. The Morgan fingerprint density at radius 1 is 1.04 bits per heavy atom. The van der Waals surface area contributed by atoms with E-state index in [1.807, 2.05) is 62.6 Å². The topological polar surface area (TPSA) is 97.9 Å². The third kappa shape index (κ3) is 9.58. The van der Waals surface area contributed by atoms with Crippen LogP contribution in [0.5, 0.6) is 5.75 Å². The van der Waals surface area contributed by atoms with E-state index < -0.39 is 5.60 Å². The zero-order valence-electron chi connectivity index (χ0n) is 28.5. The predicted octanol–water partition coefficient (Wildman–Crippen LogP) is 5.03. The fourth-order valence-corrected chi connectivity index (χ4v) is 6.30. The van der Waals surface area contributed by atoms with Gasteiger partial charge in [0.25, 0.3) is 5.91 Å². The minimum absolute atomic E-state index is 0.0144. The second kappa shape index (κ2) is 15.6. The molecule has 10 nitrogen and oxygen atoms in total. The van der Waals surface area contributed by atoms with Crippen molar-refractivity contribution in [2.45, 2.75) is 91.3 Å². The highest BCUT2D eigenvalue weighted by Gasteiger charge is 2.44. The Hall–Kier alpha value is -2.85. The summed E-state index contributed by atoms with van der Waals surface area (Å²) in [5.41, 5.74) is 1.02. The summed E-state index contributed by atoms with van der Waals surface area (Å²) in [6.07, 6.45) is 3.98. The van der Waals surface area contributed by atoms with Crippen molar-refractivity contribution in [3.8, 4) is 5.75 Å². The first kappa shape index (κ1) is 35.0. The zero-order chi connectivity index (χ0) is 32.7. The van der Waals surface area contributed by atoms with Crippen molar-refractivity contribution in [3.63, 3.8) is 0 Å². The fourth-order valence-electron chi connectivity index (χ4n) is 6.30. The van der Waals surface area contributed by atoms with Crippen LogP contribution in [0.1, 0.15) is 83.1 Å². The van der Waals surface area contributed by atoms with Crippen LogP contribution in [-0.4, -0.2) is 110 Å². The average molecular weight is 630 g/mol. The molecule has 252 valence electrons. The molecular weight excluding hydrogens is 574 g/mol. The van der Waals surface area contributed by atoms with E-state index in [0.717, 1.165) is 43.4 Å². The number of aryl methyl sites for hydroxylation is 1. The first-order chi connectivity index (χ1) is 21.4. The molecule has 3 amide bonds. The quantitative estimate of drug-likeness (QED) is 0.267. The second-order valence-electron chi connectivity index (χ2n) is 14.1. The van der Waals surface area contributed by atoms with Crippen molar-refractivity contribution in [1.82, 2.24) is 14.7 Å². The highest BCUT2D eigenvalue weighted by Crippen LogP contribution is 2.35. The molecule has 0 aromatic heterocycles. The van der Waals surface area contributed by atoms with Crippen LogP contribution < -0.4 is 4.74 Å². The van der Waals surface area contributed by atoms with Gasteiger partial charge >= 0.3 is 6.09 Å². The van der Waals surface area contributed by atoms with Crippen LogP contribution in [0.25, 0.3) is 0 Å². The first-order valence-corrected chi connectivity index (χ1v) is 16.8. The molecule has 3 atom stereocenters. The number of carbonyl (C=O) groups excluding carboxylic acids is 3. The van der Waals surface area contributed by atoms with Crippen molar-refractivity contribution >= 4 is 17.9 Å². The van der Waals surface area contributed by atoms with Crippen LogP contribution in [0, 0.1) is 17.8 Å². The molecule has 1 aromatic rings. The molecule has 4 rings (SSSR count). The summed E-state index contributed by atoms with van der Waals surface area (Å²) in [5.74, 6) is 0.723. The lowest BCUT2D eigenvalue weighted by molar-refractivity contribution is -0.137. The van der Waals surface area contributed by atoms with E-state index in [1.54, 1.807) is 12.0 Å². The van der Waals surface area contributed by atoms with Gasteiger partial charge in [-0.2, -0.15) is 0 Å². The predicted molar refractivity (Wildman–Crippen MR) is 172 cm³/mol. The number of nitrogens with zero attached hydrogens (tertiary/aromatic N) is 3. The summed E-state index contributed by atoms with van der Waals surface area (Å²) < 4.78 is 22.5. The van der Waals surface area contributed by atoms with Gasteiger partial charge in [-0.3, -0.25) is 9.59 Å². The van der Waals surface area contributed by atoms with Crippen LogP contribution in [0.4, 0.5) is 4.79 Å². The molecule has 3 aliphatic rings. The van der Waals surface area contributed by atoms with Gasteiger partial charge in [-0.25, -0.2) is 4.79 Å². The van der Waals surface area contributed by atoms with Crippen molar-refractivity contribution in [1.29, 1.82) is 0 Å². The Labute approximate surface area is 269 Å². The number of hydrogen-bond acceptors (Lipinski definition) is 7. The largest absolute Gasteiger partial charge is 0.493 e. The van der Waals surface area contributed by atoms with Crippen molar-refractivity contribution in [2.75, 3.05) is 59.7 Å². The number of carbonyl (C=O) groups is 3. The Morgan fingerprint density at radius 2 is 1.76 bits per heavy atom. The fraction of sp³-hybridized carbons (Fsp3) is 0.743. The van der Waals surface area contributed by atoms with E-state index in [2.05, 4.69) is 6.92 Å². The van der Waals surface area contributed by atoms with Gasteiger partial charge in [0.1, 0.15) is 11.4 Å². The van der Waals surface area contributed by atoms with E-state index in [4.69, 9.17) is 18.9 Å². The van der Waals surface area contributed by atoms with Crippen LogP contribution in [0.3, 0.4) is 0 Å². The Morgan fingerprint density at radius 3 is 2.33 bits per heavy atom. The van der Waals surface area contributed by atoms with E-state index in [0.29, 0.717) is 58.2 Å². The zero-order valence-corrected chi connectivity index (χ0v) is 28.5. The van der Waals surface area contributed by atoms with Crippen molar-refractivity contribution in [3.05, 3.63) is 29.3 Å². The standard InChI is InChI=1S/C35H55N3O7/c1-8-25-10-11-26(18-31(25)44-16-9-15-42-7)32(39)37(24(2)3)21-28-19-36(34(41)45-35(4,5)6)20-29(28)22-38(30-12-13-30)33(40)27-14-17-43-23-27/h10-11,18,24,27-30H,8-9,12-17,19-23H2,1-7H3/t27-,28-,29-/m0/s1. The summed E-state index contributed by atoms with van der Waals surface area (Å²) in [5, 5.41) is 0. The maximum atomic E-state index is 14.1. The molecule has 1 saturated carbocycles. The Bertz CT molecular complexity index is 1160. The third-order valence-electron chi connectivity index (χ3n) is 8.97. The molecule has 10 heteroatoms. The number of amides is 3. The Balaban J connectivity index is 1.55. The van der Waals surface area contributed by atoms with E-state index >= 15 is 0 Å². The molecule has 3 fully saturated rings. The maximum Gasteiger partial charge on any atom is 0.410 e. The van der Waals surface area contributed by atoms with Crippen molar-refractivity contribution in [2.24, 2.45) is 17.8 Å². The summed E-state index contributed by atoms with van der Waals surface area (Å²) in [7, 11) is 1.67. The summed E-state index contributed by atoms with van der Waals surface area (Å²) in [4.78, 5) is 46.6. The molecule has 0 bridgehead atoms. The lowest BCUT2D eigenvalue weighted by atomic mass is 9.93. The van der Waals surface area contributed by atoms with Gasteiger partial charge < -0.3 is 33.6 Å². The number of ether oxygens (including phenoxy) is 4. The molecular formula is C35H55N3O7. The van der Waals surface area contributed by atoms with Gasteiger partial charge in [-0.15, -0.1) is 0 Å². The van der Waals surface area contributed by atoms with E-state index in [1.165, 1.54) is 0 Å². The minimum atomic E-state index is -0.614. The van der Waals surface area contributed by atoms with Crippen LogP contribution >= 0.6 is 0 Å². The van der Waals surface area contributed by atoms with Gasteiger partial charge in [0.2, 0.25) is 5.91 Å². The van der Waals surface area contributed by atoms with E-state index in [9.17, 15) is 14.4 Å². The second-order valence-corrected chi connectivity index (χ2v) is 14.1. The minimum Gasteiger partial charge on any atom is -0.493 e. The Kier molecular flexibility index (Phi) is 12.2. The van der Waals surface area contributed by atoms with Gasteiger partial charge in [0.05, 0.1) is 19.1 Å². The lowest BCUT2D eigenvalue weighted by Gasteiger charge is -2.34. The van der Waals surface area contributed by atoms with Crippen LogP contribution in [-0.2, 0) is 25.4 Å². The number of benzene rings is 1. The van der Waals surface area contributed by atoms with Crippen molar-refractivity contribution < 1.29 is 33.3 Å². The monoisotopic (exact) mass is 629 g/mol. The average Bonchev–Trinajstić information content (AvgIpc) is 3.51. The van der Waals surface area contributed by atoms with Gasteiger partial charge in [-0.05, 0) is 78.0 Å². The molecule has 2 heterocycles. The highest BCUT2D eigenvalue weighted by molar-refractivity contribution is 5.95. The smallest absolute Gasteiger partial charge is 0.410 e. The number of hydrogen-bond donors (Lipinski definition) is 0. The highest BCUT2D eigenvalue weighted by atomic mass is 16.6. The first-order valence-electron chi connectivity index (χ1n) is 16.8. The van der Waals surface area contributed by atoms with Gasteiger partial charge in [-0.1, -0.05) is 13.0 Å². The van der Waals surface area contributed by atoms with Crippen LogP contribution in [0.2, 0.25) is 0 Å². The molecule has 2 aliphatic heterocycles. The molecule has 0 radical (unpaired) electrons. The number of rotatable bonds is 14. The SMILES string of the molecule is CCc1ccc(C(=O)N(C[C@@H]2CN(C(=O)OC(C)(C)C)C[C@H]2CN(C(=O)[C@H]2CCOC2)C2CC2)C(C)C)cc1OCCCOC. The molecule has 0 spiro atoms. The number of methoxy groups -OCH3 is 1. The molecule has 0 N–H and O–H groups in total. The molecule has 1 aliphatic carbocycles. The summed E-state index contributed by atoms with van der Waals surface area (Å²) in [6.45, 7) is 15.9. The van der Waals surface area contributed by atoms with Gasteiger partial charge in [0.15, 0.2) is 0 Å². The van der Waals surface area contributed by atoms with Crippen LogP contribution in [0.15, 0.2) is 18.2 Å². The lowest BCUT2D eigenvalue weighted by Crippen LogP contribution is -2.46. The van der Waals surface area contributed by atoms with E-state index in [-0.39, 0.29) is 47.7 Å². The maximum absolute atomic E-state index is 14.1. The molecule has 2 saturated heterocycles. The van der Waals surface area contributed by atoms with Gasteiger partial charge in [0, 0.05) is 82.4 Å². The molecule has 45 heavy (non-hydrogen) atoms. The third-order valence-corrected chi connectivity index (χ3v) is 8.97. The summed E-state index contributed by atoms with van der Waals surface area (Å²) in [6, 6.07) is 5.90. The summed E-state index contributed by atoms with van der Waals surface area (Å²) >= 11 is 0. The number of likely N-dealkylation sites (tertiary alicyclic amines) is 1. The molecule has 0 unspecified atom stereocenters.